The van der Waals surface area contributed by atoms with E-state index in [2.05, 4.69) is 9.88 Å². The van der Waals surface area contributed by atoms with Gasteiger partial charge in [0.05, 0.1) is 5.56 Å². The summed E-state index contributed by atoms with van der Waals surface area (Å²) in [5.41, 5.74) is 6.59. The predicted molar refractivity (Wildman–Crippen MR) is 76.8 cm³/mol. The molecule has 0 aromatic carbocycles. The summed E-state index contributed by atoms with van der Waals surface area (Å²) >= 11 is 5.08. The molecule has 0 radical (unpaired) electrons. The molecule has 0 spiro atoms. The number of aliphatic hydroxyl groups excluding tert-OH is 1. The second-order valence-corrected chi connectivity index (χ2v) is 5.03. The van der Waals surface area contributed by atoms with Gasteiger partial charge in [0.2, 0.25) is 0 Å². The monoisotopic (exact) mass is 265 g/mol. The Hall–Kier alpha value is -1.20. The van der Waals surface area contributed by atoms with E-state index in [0.717, 1.165) is 37.2 Å². The Bertz CT molecular complexity index is 422. The average Bonchev–Trinajstić information content (AvgIpc) is 2.40. The van der Waals surface area contributed by atoms with Crippen LogP contribution in [-0.2, 0) is 0 Å². The van der Waals surface area contributed by atoms with E-state index in [1.807, 2.05) is 12.1 Å². The van der Waals surface area contributed by atoms with Gasteiger partial charge in [-0.1, -0.05) is 12.2 Å². The predicted octanol–water partition coefficient (Wildman–Crippen LogP) is 1.46. The van der Waals surface area contributed by atoms with E-state index in [1.165, 1.54) is 6.42 Å². The number of hydrogen-bond donors (Lipinski definition) is 2. The molecule has 1 aliphatic heterocycles. The second kappa shape index (κ2) is 6.11. The third-order valence-corrected chi connectivity index (χ3v) is 3.63. The Morgan fingerprint density at radius 2 is 2.39 bits per heavy atom. The summed E-state index contributed by atoms with van der Waals surface area (Å²) in [5, 5.41) is 9.16. The van der Waals surface area contributed by atoms with Crippen LogP contribution in [0.15, 0.2) is 18.3 Å². The third kappa shape index (κ3) is 2.79. The number of piperidine rings is 1. The molecule has 0 aliphatic carbocycles. The van der Waals surface area contributed by atoms with Crippen LogP contribution in [0.25, 0.3) is 0 Å². The zero-order valence-electron chi connectivity index (χ0n) is 10.4. The molecule has 4 nitrogen and oxygen atoms in total. The largest absolute Gasteiger partial charge is 0.396 e. The topological polar surface area (TPSA) is 62.4 Å². The van der Waals surface area contributed by atoms with Crippen LogP contribution in [0.1, 0.15) is 31.2 Å². The summed E-state index contributed by atoms with van der Waals surface area (Å²) in [6.45, 7) is 1.16. The lowest BCUT2D eigenvalue weighted by Gasteiger charge is -2.37. The van der Waals surface area contributed by atoms with Crippen molar-refractivity contribution < 1.29 is 5.11 Å². The zero-order valence-corrected chi connectivity index (χ0v) is 11.2. The highest BCUT2D eigenvalue weighted by molar-refractivity contribution is 7.80. The molecule has 0 bridgehead atoms. The maximum absolute atomic E-state index is 9.16. The van der Waals surface area contributed by atoms with Crippen LogP contribution in [0, 0.1) is 0 Å². The van der Waals surface area contributed by atoms with Crippen LogP contribution in [0.3, 0.4) is 0 Å². The van der Waals surface area contributed by atoms with Crippen LogP contribution < -0.4 is 10.6 Å². The minimum absolute atomic E-state index is 0.205. The molecule has 18 heavy (non-hydrogen) atoms. The summed E-state index contributed by atoms with van der Waals surface area (Å²) in [6.07, 6.45) is 5.98. The minimum Gasteiger partial charge on any atom is -0.396 e. The molecule has 2 rings (SSSR count). The van der Waals surface area contributed by atoms with Gasteiger partial charge in [-0.2, -0.15) is 0 Å². The van der Waals surface area contributed by atoms with Gasteiger partial charge in [0, 0.05) is 25.4 Å². The molecule has 1 aliphatic rings. The zero-order chi connectivity index (χ0) is 13.0. The van der Waals surface area contributed by atoms with Crippen LogP contribution in [-0.4, -0.2) is 34.3 Å². The molecule has 0 amide bonds. The lowest BCUT2D eigenvalue weighted by atomic mass is 9.99. The number of pyridine rings is 1. The number of hydrogen-bond acceptors (Lipinski definition) is 4. The number of nitrogens with two attached hydrogens (primary N) is 1. The van der Waals surface area contributed by atoms with Crippen LogP contribution >= 0.6 is 12.2 Å². The molecule has 0 saturated carbocycles. The first-order valence-electron chi connectivity index (χ1n) is 6.36. The van der Waals surface area contributed by atoms with E-state index in [0.29, 0.717) is 11.0 Å². The van der Waals surface area contributed by atoms with Crippen molar-refractivity contribution in [1.82, 2.24) is 4.98 Å². The van der Waals surface area contributed by atoms with Gasteiger partial charge in [-0.15, -0.1) is 0 Å². The summed E-state index contributed by atoms with van der Waals surface area (Å²) in [6, 6.07) is 4.10. The normalized spacial score (nSPS) is 19.8. The quantitative estimate of drug-likeness (QED) is 0.807. The number of anilines is 1. The van der Waals surface area contributed by atoms with Gasteiger partial charge in [0.25, 0.3) is 0 Å². The lowest BCUT2D eigenvalue weighted by molar-refractivity contribution is 0.262. The van der Waals surface area contributed by atoms with Crippen LogP contribution in [0.4, 0.5) is 5.82 Å². The molecule has 98 valence electrons. The fourth-order valence-electron chi connectivity index (χ4n) is 2.55. The first-order chi connectivity index (χ1) is 8.74. The van der Waals surface area contributed by atoms with Crippen molar-refractivity contribution in [3.05, 3.63) is 23.9 Å². The SMILES string of the molecule is NC(=S)c1cccnc1N1CCCCC1CCO. The van der Waals surface area contributed by atoms with Gasteiger partial charge in [-0.25, -0.2) is 4.98 Å². The van der Waals surface area contributed by atoms with Crippen LogP contribution in [0.2, 0.25) is 0 Å². The molecule has 1 fully saturated rings. The van der Waals surface area contributed by atoms with E-state index in [-0.39, 0.29) is 6.61 Å². The first-order valence-corrected chi connectivity index (χ1v) is 6.77. The lowest BCUT2D eigenvalue weighted by Crippen LogP contribution is -2.41. The van der Waals surface area contributed by atoms with Gasteiger partial charge in [-0.05, 0) is 37.8 Å². The Balaban J connectivity index is 2.30. The Kier molecular flexibility index (Phi) is 4.49. The maximum atomic E-state index is 9.16. The van der Waals surface area contributed by atoms with E-state index in [9.17, 15) is 0 Å². The molecular weight excluding hydrogens is 246 g/mol. The second-order valence-electron chi connectivity index (χ2n) is 4.59. The van der Waals surface area contributed by atoms with Gasteiger partial charge in [0.15, 0.2) is 0 Å². The average molecular weight is 265 g/mol. The van der Waals surface area contributed by atoms with E-state index in [1.54, 1.807) is 6.20 Å². The van der Waals surface area contributed by atoms with Crippen molar-refractivity contribution in [3.8, 4) is 0 Å². The van der Waals surface area contributed by atoms with Gasteiger partial charge >= 0.3 is 0 Å². The van der Waals surface area contributed by atoms with E-state index < -0.39 is 0 Å². The fraction of sp³-hybridized carbons (Fsp3) is 0.538. The molecule has 1 aromatic rings. The molecule has 1 saturated heterocycles. The summed E-state index contributed by atoms with van der Waals surface area (Å²) in [5.74, 6) is 0.864. The molecule has 3 N–H and O–H groups in total. The Labute approximate surface area is 113 Å². The molecule has 1 atom stereocenters. The maximum Gasteiger partial charge on any atom is 0.139 e. The third-order valence-electron chi connectivity index (χ3n) is 3.41. The minimum atomic E-state index is 0.205. The summed E-state index contributed by atoms with van der Waals surface area (Å²) in [7, 11) is 0. The number of aromatic nitrogens is 1. The summed E-state index contributed by atoms with van der Waals surface area (Å²) in [4.78, 5) is 7.06. The molecule has 1 unspecified atom stereocenters. The number of thiocarbonyl (C=S) groups is 1. The molecule has 1 aromatic heterocycles. The van der Waals surface area contributed by atoms with Crippen molar-refractivity contribution in [2.75, 3.05) is 18.1 Å². The van der Waals surface area contributed by atoms with Crippen LogP contribution in [0.5, 0.6) is 0 Å². The van der Waals surface area contributed by atoms with Crippen molar-refractivity contribution in [2.45, 2.75) is 31.7 Å². The van der Waals surface area contributed by atoms with E-state index in [4.69, 9.17) is 23.1 Å². The fourth-order valence-corrected chi connectivity index (χ4v) is 2.71. The van der Waals surface area contributed by atoms with Gasteiger partial charge < -0.3 is 15.7 Å². The smallest absolute Gasteiger partial charge is 0.139 e. The molecule has 2 heterocycles. The van der Waals surface area contributed by atoms with Crippen molar-refractivity contribution in [2.24, 2.45) is 5.73 Å². The highest BCUT2D eigenvalue weighted by atomic mass is 32.1. The van der Waals surface area contributed by atoms with Crippen molar-refractivity contribution >= 4 is 23.0 Å². The highest BCUT2D eigenvalue weighted by Gasteiger charge is 2.25. The van der Waals surface area contributed by atoms with Crippen molar-refractivity contribution in [3.63, 3.8) is 0 Å². The van der Waals surface area contributed by atoms with E-state index >= 15 is 0 Å². The van der Waals surface area contributed by atoms with Crippen molar-refractivity contribution in [1.29, 1.82) is 0 Å². The molecular formula is C13H19N3OS. The standard InChI is InChI=1S/C13H19N3OS/c14-12(18)11-5-3-7-15-13(11)16-8-2-1-4-10(16)6-9-17/h3,5,7,10,17H,1-2,4,6,8-9H2,(H2,14,18). The Morgan fingerprint density at radius 1 is 1.56 bits per heavy atom. The number of nitrogens with zero attached hydrogens (tertiary/aromatic N) is 2. The van der Waals surface area contributed by atoms with Gasteiger partial charge in [0.1, 0.15) is 10.8 Å². The number of rotatable bonds is 4. The number of aliphatic hydroxyl groups is 1. The molecule has 5 heteroatoms. The highest BCUT2D eigenvalue weighted by Crippen LogP contribution is 2.27. The first kappa shape index (κ1) is 13.2. The van der Waals surface area contributed by atoms with Gasteiger partial charge in [-0.3, -0.25) is 0 Å². The Morgan fingerprint density at radius 3 is 3.11 bits per heavy atom. The summed E-state index contributed by atoms with van der Waals surface area (Å²) < 4.78 is 0.